The number of aliphatic hydroxyl groups is 2. The topological polar surface area (TPSA) is 173 Å². The van der Waals surface area contributed by atoms with Crippen LogP contribution in [0.1, 0.15) is 0 Å². The fourth-order valence-electron chi connectivity index (χ4n) is 0.149. The average Bonchev–Trinajstić information content (AvgIpc) is 2.15. The van der Waals surface area contributed by atoms with Gasteiger partial charge in [0.2, 0.25) is 0 Å². The first kappa shape index (κ1) is 20.2. The molecular weight excluding hydrogens is 403 g/mol. The van der Waals surface area contributed by atoms with Crippen LogP contribution in [0.4, 0.5) is 0 Å². The van der Waals surface area contributed by atoms with Gasteiger partial charge in [0.1, 0.15) is 0 Å². The van der Waals surface area contributed by atoms with Crippen molar-refractivity contribution in [1.82, 2.24) is 0 Å². The fourth-order valence-corrected chi connectivity index (χ4v) is 0.149. The van der Waals surface area contributed by atoms with E-state index in [9.17, 15) is 19.8 Å². The van der Waals surface area contributed by atoms with E-state index in [4.69, 9.17) is 21.7 Å². The molecule has 0 heterocycles. The molecule has 2 atom stereocenters. The van der Waals surface area contributed by atoms with Gasteiger partial charge < -0.3 is 41.5 Å². The Hall–Kier alpha value is -0.298. The number of rotatable bonds is 4. The molecule has 9 heteroatoms. The van der Waals surface area contributed by atoms with E-state index in [1.165, 1.54) is 0 Å². The van der Waals surface area contributed by atoms with E-state index in [0.717, 1.165) is 0 Å². The molecule has 0 spiro atoms. The van der Waals surface area contributed by atoms with Gasteiger partial charge in [-0.3, -0.25) is 0 Å². The number of carbonyl (C=O) groups is 2. The Morgan fingerprint density at radius 2 is 1.20 bits per heavy atom. The van der Waals surface area contributed by atoms with Gasteiger partial charge in [0.25, 0.3) is 0 Å². The van der Waals surface area contributed by atoms with Gasteiger partial charge in [-0.1, -0.05) is 0 Å². The third kappa shape index (κ3) is 13.7. The smallest absolute Gasteiger partial charge is 0.548 e. The van der Waals surface area contributed by atoms with E-state index in [-0.39, 0.29) is 27.3 Å². The van der Waals surface area contributed by atoms with Crippen LogP contribution in [0.3, 0.4) is 0 Å². The summed E-state index contributed by atoms with van der Waals surface area (Å²) in [4.78, 5) is 19.1. The number of carboxylic acid groups (broad SMARTS) is 2. The SMILES string of the molecule is N[C@H](CO)C(=O)[O-].N[C@H](CO)C(=O)[O-].[Pb+2]. The van der Waals surface area contributed by atoms with Crippen LogP contribution in [-0.2, 0) is 9.59 Å². The number of carboxylic acids is 2. The summed E-state index contributed by atoms with van der Waals surface area (Å²) in [7, 11) is 0. The van der Waals surface area contributed by atoms with E-state index in [0.29, 0.717) is 0 Å². The first-order valence-corrected chi connectivity index (χ1v) is 3.51. The Kier molecular flexibility index (Phi) is 15.8. The molecule has 2 radical (unpaired) electrons. The van der Waals surface area contributed by atoms with Crippen LogP contribution in [0.25, 0.3) is 0 Å². The molecule has 0 saturated heterocycles. The molecule has 0 saturated carbocycles. The first-order valence-electron chi connectivity index (χ1n) is 3.51. The van der Waals surface area contributed by atoms with Crippen molar-refractivity contribution in [2.75, 3.05) is 13.2 Å². The van der Waals surface area contributed by atoms with Crippen LogP contribution < -0.4 is 21.7 Å². The van der Waals surface area contributed by atoms with E-state index in [2.05, 4.69) is 0 Å². The standard InChI is InChI=1S/2C3H7NO3.Pb/c2*4-2(1-5)3(6)7;/h2*2,5H,1,4H2,(H,6,7);/q;;+2/p-2/t2*2-;/m11./s1. The fraction of sp³-hybridized carbons (Fsp3) is 0.667. The van der Waals surface area contributed by atoms with E-state index >= 15 is 0 Å². The van der Waals surface area contributed by atoms with Crippen molar-refractivity contribution < 1.29 is 30.0 Å². The summed E-state index contributed by atoms with van der Waals surface area (Å²) in [6.45, 7) is -1.13. The second-order valence-corrected chi connectivity index (χ2v) is 2.22. The van der Waals surface area contributed by atoms with Gasteiger partial charge >= 0.3 is 27.3 Å². The van der Waals surface area contributed by atoms with Crippen LogP contribution in [0.15, 0.2) is 0 Å². The molecule has 0 bridgehead atoms. The molecule has 86 valence electrons. The molecule has 6 N–H and O–H groups in total. The summed E-state index contributed by atoms with van der Waals surface area (Å²) in [5, 5.41) is 35.0. The molecular formula is C6H12N2O6Pb. The largest absolute Gasteiger partial charge is 2.00 e. The summed E-state index contributed by atoms with van der Waals surface area (Å²) >= 11 is 0. The Labute approximate surface area is 106 Å². The average molecular weight is 415 g/mol. The number of nitrogens with two attached hydrogens (primary N) is 2. The zero-order valence-electron chi connectivity index (χ0n) is 7.75. The zero-order chi connectivity index (χ0) is 11.7. The van der Waals surface area contributed by atoms with Crippen molar-refractivity contribution in [3.05, 3.63) is 0 Å². The molecule has 0 aliphatic rings. The number of aliphatic hydroxyl groups excluding tert-OH is 2. The number of aliphatic carboxylic acids is 2. The third-order valence-corrected chi connectivity index (χ3v) is 0.999. The van der Waals surface area contributed by atoms with Gasteiger partial charge in [-0.25, -0.2) is 0 Å². The molecule has 0 unspecified atom stereocenters. The molecule has 0 fully saturated rings. The Balaban J connectivity index is -0.000000180. The Morgan fingerprint density at radius 1 is 1.00 bits per heavy atom. The van der Waals surface area contributed by atoms with Crippen LogP contribution in [-0.4, -0.2) is 74.7 Å². The molecule has 8 nitrogen and oxygen atoms in total. The predicted octanol–water partition coefficient (Wildman–Crippen LogP) is -6.27. The number of hydrogen-bond acceptors (Lipinski definition) is 8. The van der Waals surface area contributed by atoms with Gasteiger partial charge in [-0.2, -0.15) is 0 Å². The van der Waals surface area contributed by atoms with Crippen LogP contribution in [0.5, 0.6) is 0 Å². The molecule has 0 amide bonds. The molecule has 0 aromatic rings. The minimum Gasteiger partial charge on any atom is -0.548 e. The van der Waals surface area contributed by atoms with Gasteiger partial charge in [0.15, 0.2) is 0 Å². The monoisotopic (exact) mass is 416 g/mol. The molecule has 0 aromatic carbocycles. The normalized spacial score (nSPS) is 12.5. The Bertz CT molecular complexity index is 170. The maximum absolute atomic E-state index is 9.53. The van der Waals surface area contributed by atoms with Crippen LogP contribution in [0, 0.1) is 0 Å². The summed E-state index contributed by atoms with van der Waals surface area (Å²) in [5.74, 6) is -2.86. The van der Waals surface area contributed by atoms with Crippen molar-refractivity contribution in [1.29, 1.82) is 0 Å². The minimum atomic E-state index is -1.43. The van der Waals surface area contributed by atoms with Crippen molar-refractivity contribution in [2.24, 2.45) is 11.5 Å². The number of carbonyl (C=O) groups excluding carboxylic acids is 2. The second-order valence-electron chi connectivity index (χ2n) is 2.22. The Morgan fingerprint density at radius 3 is 1.20 bits per heavy atom. The van der Waals surface area contributed by atoms with Gasteiger partial charge in [-0.15, -0.1) is 0 Å². The molecule has 0 aliphatic carbocycles. The summed E-state index contributed by atoms with van der Waals surface area (Å²) in [5.41, 5.74) is 9.41. The first-order chi connectivity index (χ1) is 6.36. The number of hydrogen-bond donors (Lipinski definition) is 4. The molecule has 0 rings (SSSR count). The second kappa shape index (κ2) is 11.8. The summed E-state index contributed by atoms with van der Waals surface area (Å²) < 4.78 is 0. The minimum absolute atomic E-state index is 0. The summed E-state index contributed by atoms with van der Waals surface area (Å²) in [6.07, 6.45) is 0. The van der Waals surface area contributed by atoms with E-state index < -0.39 is 37.2 Å². The van der Waals surface area contributed by atoms with Crippen molar-refractivity contribution in [3.8, 4) is 0 Å². The maximum atomic E-state index is 9.53. The van der Waals surface area contributed by atoms with Gasteiger partial charge in [0, 0.05) is 0 Å². The van der Waals surface area contributed by atoms with Crippen LogP contribution >= 0.6 is 0 Å². The van der Waals surface area contributed by atoms with Gasteiger partial charge in [-0.05, 0) is 0 Å². The van der Waals surface area contributed by atoms with Crippen molar-refractivity contribution in [3.63, 3.8) is 0 Å². The predicted molar refractivity (Wildman–Crippen MR) is 45.9 cm³/mol. The molecule has 0 aromatic heterocycles. The van der Waals surface area contributed by atoms with Gasteiger partial charge in [0.05, 0.1) is 37.2 Å². The van der Waals surface area contributed by atoms with Crippen molar-refractivity contribution >= 4 is 39.2 Å². The van der Waals surface area contributed by atoms with Crippen LogP contribution in [0.2, 0.25) is 0 Å². The maximum Gasteiger partial charge on any atom is 2.00 e. The van der Waals surface area contributed by atoms with E-state index in [1.54, 1.807) is 0 Å². The third-order valence-electron chi connectivity index (χ3n) is 0.999. The summed E-state index contributed by atoms with van der Waals surface area (Å²) in [6, 6.07) is -2.47. The molecule has 15 heavy (non-hydrogen) atoms. The van der Waals surface area contributed by atoms with E-state index in [1.807, 2.05) is 0 Å². The zero-order valence-corrected chi connectivity index (χ0v) is 11.6. The van der Waals surface area contributed by atoms with Crippen molar-refractivity contribution in [2.45, 2.75) is 12.1 Å². The quantitative estimate of drug-likeness (QED) is 0.328. The molecule has 0 aliphatic heterocycles.